The first-order valence-corrected chi connectivity index (χ1v) is 6.63. The fourth-order valence-corrected chi connectivity index (χ4v) is 1.69. The molecule has 0 amide bonds. The largest absolute Gasteiger partial charge is 0.508 e. The molecule has 21 heavy (non-hydrogen) atoms. The third-order valence-corrected chi connectivity index (χ3v) is 2.94. The van der Waals surface area contributed by atoms with Crippen LogP contribution < -0.4 is 4.74 Å². The summed E-state index contributed by atoms with van der Waals surface area (Å²) in [6, 6.07) is 12.4. The zero-order valence-corrected chi connectivity index (χ0v) is 11.9. The molecule has 0 spiro atoms. The molecular formula is C17H16O4. The lowest BCUT2D eigenvalue weighted by Gasteiger charge is -2.07. The summed E-state index contributed by atoms with van der Waals surface area (Å²) in [6.45, 7) is 3.51. The van der Waals surface area contributed by atoms with E-state index < -0.39 is 0 Å². The van der Waals surface area contributed by atoms with Crippen LogP contribution in [0.4, 0.5) is 0 Å². The van der Waals surface area contributed by atoms with Gasteiger partial charge in [0.15, 0.2) is 5.78 Å². The lowest BCUT2D eigenvalue weighted by molar-refractivity contribution is -0.137. The van der Waals surface area contributed by atoms with E-state index in [0.29, 0.717) is 16.9 Å². The molecule has 2 rings (SSSR count). The summed E-state index contributed by atoms with van der Waals surface area (Å²) in [5.41, 5.74) is 0.977. The van der Waals surface area contributed by atoms with Gasteiger partial charge in [0, 0.05) is 11.1 Å². The first-order chi connectivity index (χ1) is 9.97. The van der Waals surface area contributed by atoms with Crippen LogP contribution in [-0.4, -0.2) is 16.9 Å². The van der Waals surface area contributed by atoms with E-state index in [9.17, 15) is 14.7 Å². The summed E-state index contributed by atoms with van der Waals surface area (Å²) in [6.07, 6.45) is 0. The fourth-order valence-electron chi connectivity index (χ4n) is 1.69. The monoisotopic (exact) mass is 284 g/mol. The Bertz CT molecular complexity index is 639. The van der Waals surface area contributed by atoms with Crippen LogP contribution in [0.3, 0.4) is 0 Å². The van der Waals surface area contributed by atoms with Crippen LogP contribution in [0.15, 0.2) is 48.5 Å². The Balaban J connectivity index is 2.13. The molecule has 108 valence electrons. The molecule has 0 aliphatic rings. The summed E-state index contributed by atoms with van der Waals surface area (Å²) in [5, 5.41) is 9.21. The summed E-state index contributed by atoms with van der Waals surface area (Å²) in [5.74, 6) is -0.147. The van der Waals surface area contributed by atoms with Crippen molar-refractivity contribution in [3.05, 3.63) is 59.7 Å². The maximum absolute atomic E-state index is 12.2. The summed E-state index contributed by atoms with van der Waals surface area (Å²) in [4.78, 5) is 23.7. The number of ether oxygens (including phenoxy) is 1. The standard InChI is InChI=1S/C17H16O4/c1-11(2)17(20)21-15-9-5-13(6-10-15)16(19)12-3-7-14(18)8-4-12/h3-11,18H,1-2H3. The molecule has 0 fully saturated rings. The molecule has 0 bridgehead atoms. The van der Waals surface area contributed by atoms with E-state index in [1.807, 2.05) is 0 Å². The second-order valence-electron chi connectivity index (χ2n) is 4.98. The van der Waals surface area contributed by atoms with Gasteiger partial charge in [-0.2, -0.15) is 0 Å². The van der Waals surface area contributed by atoms with Gasteiger partial charge in [-0.15, -0.1) is 0 Å². The molecule has 0 heterocycles. The van der Waals surface area contributed by atoms with E-state index in [2.05, 4.69) is 0 Å². The highest BCUT2D eigenvalue weighted by Crippen LogP contribution is 2.18. The highest BCUT2D eigenvalue weighted by molar-refractivity contribution is 6.09. The Morgan fingerprint density at radius 2 is 1.38 bits per heavy atom. The number of hydrogen-bond donors (Lipinski definition) is 1. The predicted molar refractivity (Wildman–Crippen MR) is 78.5 cm³/mol. The Morgan fingerprint density at radius 1 is 0.905 bits per heavy atom. The Morgan fingerprint density at radius 3 is 1.86 bits per heavy atom. The first-order valence-electron chi connectivity index (χ1n) is 6.63. The molecule has 0 saturated carbocycles. The number of ketones is 1. The first kappa shape index (κ1) is 14.8. The van der Waals surface area contributed by atoms with Gasteiger partial charge >= 0.3 is 5.97 Å². The van der Waals surface area contributed by atoms with Gasteiger partial charge in [-0.1, -0.05) is 13.8 Å². The molecule has 0 saturated heterocycles. The maximum atomic E-state index is 12.2. The minimum absolute atomic E-state index is 0.113. The van der Waals surface area contributed by atoms with Crippen molar-refractivity contribution < 1.29 is 19.4 Å². The van der Waals surface area contributed by atoms with E-state index in [1.54, 1.807) is 50.2 Å². The lowest BCUT2D eigenvalue weighted by Crippen LogP contribution is -2.14. The number of aromatic hydroxyl groups is 1. The van der Waals surface area contributed by atoms with Crippen LogP contribution in [0.2, 0.25) is 0 Å². The average molecular weight is 284 g/mol. The zero-order chi connectivity index (χ0) is 15.4. The number of phenols is 1. The summed E-state index contributed by atoms with van der Waals surface area (Å²) < 4.78 is 5.15. The maximum Gasteiger partial charge on any atom is 0.313 e. The summed E-state index contributed by atoms with van der Waals surface area (Å²) >= 11 is 0. The lowest BCUT2D eigenvalue weighted by atomic mass is 10.0. The number of carbonyl (C=O) groups is 2. The molecule has 2 aromatic rings. The SMILES string of the molecule is CC(C)C(=O)Oc1ccc(C(=O)c2ccc(O)cc2)cc1. The topological polar surface area (TPSA) is 63.6 Å². The normalized spacial score (nSPS) is 10.4. The third-order valence-electron chi connectivity index (χ3n) is 2.94. The fraction of sp³-hybridized carbons (Fsp3) is 0.176. The van der Waals surface area contributed by atoms with Crippen LogP contribution in [0.25, 0.3) is 0 Å². The predicted octanol–water partition coefficient (Wildman–Crippen LogP) is 3.18. The second kappa shape index (κ2) is 6.22. The molecule has 0 atom stereocenters. The quantitative estimate of drug-likeness (QED) is 0.532. The van der Waals surface area contributed by atoms with Crippen molar-refractivity contribution in [2.75, 3.05) is 0 Å². The van der Waals surface area contributed by atoms with Gasteiger partial charge in [0.25, 0.3) is 0 Å². The summed E-state index contributed by atoms with van der Waals surface area (Å²) in [7, 11) is 0. The van der Waals surface area contributed by atoms with E-state index in [4.69, 9.17) is 4.74 Å². The van der Waals surface area contributed by atoms with Gasteiger partial charge in [0.2, 0.25) is 0 Å². The highest BCUT2D eigenvalue weighted by Gasteiger charge is 2.12. The van der Waals surface area contributed by atoms with Gasteiger partial charge < -0.3 is 9.84 Å². The van der Waals surface area contributed by atoms with Crippen molar-refractivity contribution >= 4 is 11.8 Å². The third kappa shape index (κ3) is 3.69. The average Bonchev–Trinajstić information content (AvgIpc) is 2.48. The molecule has 2 aromatic carbocycles. The van der Waals surface area contributed by atoms with Gasteiger partial charge in [0.1, 0.15) is 11.5 Å². The second-order valence-corrected chi connectivity index (χ2v) is 4.98. The van der Waals surface area contributed by atoms with Crippen LogP contribution in [0.5, 0.6) is 11.5 Å². The smallest absolute Gasteiger partial charge is 0.313 e. The van der Waals surface area contributed by atoms with Crippen LogP contribution in [-0.2, 0) is 4.79 Å². The van der Waals surface area contributed by atoms with Crippen molar-refractivity contribution in [3.63, 3.8) is 0 Å². The van der Waals surface area contributed by atoms with Crippen LogP contribution in [0.1, 0.15) is 29.8 Å². The van der Waals surface area contributed by atoms with Crippen molar-refractivity contribution in [1.29, 1.82) is 0 Å². The highest BCUT2D eigenvalue weighted by atomic mass is 16.5. The molecule has 0 aliphatic carbocycles. The molecule has 4 heteroatoms. The number of benzene rings is 2. The van der Waals surface area contributed by atoms with E-state index >= 15 is 0 Å². The minimum atomic E-state index is -0.312. The van der Waals surface area contributed by atoms with Crippen LogP contribution >= 0.6 is 0 Å². The molecule has 0 aromatic heterocycles. The van der Waals surface area contributed by atoms with Crippen molar-refractivity contribution in [3.8, 4) is 11.5 Å². The van der Waals surface area contributed by atoms with Gasteiger partial charge in [0.05, 0.1) is 5.92 Å². The Labute approximate surface area is 123 Å². The van der Waals surface area contributed by atoms with Gasteiger partial charge in [-0.3, -0.25) is 9.59 Å². The zero-order valence-electron chi connectivity index (χ0n) is 11.9. The van der Waals surface area contributed by atoms with Crippen LogP contribution in [0, 0.1) is 5.92 Å². The molecule has 0 radical (unpaired) electrons. The van der Waals surface area contributed by atoms with E-state index in [1.165, 1.54) is 12.1 Å². The number of esters is 1. The van der Waals surface area contributed by atoms with Crippen molar-refractivity contribution in [1.82, 2.24) is 0 Å². The van der Waals surface area contributed by atoms with Crippen molar-refractivity contribution in [2.45, 2.75) is 13.8 Å². The van der Waals surface area contributed by atoms with Gasteiger partial charge in [-0.05, 0) is 48.5 Å². The van der Waals surface area contributed by atoms with Gasteiger partial charge in [-0.25, -0.2) is 0 Å². The number of phenolic OH excluding ortho intramolecular Hbond substituents is 1. The molecule has 4 nitrogen and oxygen atoms in total. The number of rotatable bonds is 4. The number of carbonyl (C=O) groups excluding carboxylic acids is 2. The molecular weight excluding hydrogens is 268 g/mol. The Hall–Kier alpha value is -2.62. The molecule has 0 unspecified atom stereocenters. The Kier molecular flexibility index (Phi) is 4.38. The molecule has 0 aliphatic heterocycles. The van der Waals surface area contributed by atoms with E-state index in [-0.39, 0.29) is 23.4 Å². The molecule has 1 N–H and O–H groups in total. The van der Waals surface area contributed by atoms with Crippen molar-refractivity contribution in [2.24, 2.45) is 5.92 Å². The van der Waals surface area contributed by atoms with E-state index in [0.717, 1.165) is 0 Å². The minimum Gasteiger partial charge on any atom is -0.508 e. The number of hydrogen-bond acceptors (Lipinski definition) is 4.